The average molecular weight is 354 g/mol. The van der Waals surface area contributed by atoms with Gasteiger partial charge in [-0.3, -0.25) is 0 Å². The van der Waals surface area contributed by atoms with Crippen LogP contribution in [-0.2, 0) is 11.4 Å². The molecule has 1 aliphatic rings. The zero-order chi connectivity index (χ0) is 17.4. The number of nitrogens with one attached hydrogen (secondary N) is 3. The van der Waals surface area contributed by atoms with E-state index in [1.165, 1.54) is 5.56 Å². The zero-order valence-electron chi connectivity index (χ0n) is 15.0. The van der Waals surface area contributed by atoms with Crippen LogP contribution in [0.15, 0.2) is 22.9 Å². The molecule has 0 fully saturated rings. The normalized spacial score (nSPS) is 17.2. The Hall–Kier alpha value is -0.820. The molecule has 6 heteroatoms. The fraction of sp³-hybridized carbons (Fsp3) is 0.529. The third kappa shape index (κ3) is 4.18. The van der Waals surface area contributed by atoms with Crippen molar-refractivity contribution in [1.82, 2.24) is 4.72 Å². The Morgan fingerprint density at radius 3 is 2.43 bits per heavy atom. The molecule has 0 saturated carbocycles. The molecule has 0 radical (unpaired) electrons. The number of allylic oxidation sites excluding steroid dienone is 1. The molecule has 0 aliphatic carbocycles. The Morgan fingerprint density at radius 2 is 1.87 bits per heavy atom. The van der Waals surface area contributed by atoms with Crippen LogP contribution >= 0.6 is 11.8 Å². The van der Waals surface area contributed by atoms with Crippen LogP contribution in [0.5, 0.6) is 0 Å². The Kier molecular flexibility index (Phi) is 5.61. The van der Waals surface area contributed by atoms with Gasteiger partial charge in [-0.1, -0.05) is 6.07 Å². The lowest BCUT2D eigenvalue weighted by molar-refractivity contribution is 0.531. The van der Waals surface area contributed by atoms with Gasteiger partial charge in [-0.05, 0) is 65.0 Å². The molecule has 4 nitrogen and oxygen atoms in total. The number of benzene rings is 1. The van der Waals surface area contributed by atoms with Crippen molar-refractivity contribution in [3.63, 3.8) is 0 Å². The first-order valence-electron chi connectivity index (χ1n) is 7.75. The van der Waals surface area contributed by atoms with E-state index >= 15 is 0 Å². The second-order valence-electron chi connectivity index (χ2n) is 6.91. The van der Waals surface area contributed by atoms with Gasteiger partial charge in [-0.25, -0.2) is 0 Å². The van der Waals surface area contributed by atoms with Gasteiger partial charge in [0, 0.05) is 17.1 Å². The maximum Gasteiger partial charge on any atom is 0.136 e. The van der Waals surface area contributed by atoms with E-state index in [1.54, 1.807) is 11.8 Å². The highest BCUT2D eigenvalue weighted by Crippen LogP contribution is 2.39. The van der Waals surface area contributed by atoms with E-state index in [4.69, 9.17) is 0 Å². The van der Waals surface area contributed by atoms with Crippen molar-refractivity contribution in [2.24, 2.45) is 0 Å². The van der Waals surface area contributed by atoms with E-state index in [-0.39, 0.29) is 10.8 Å². The van der Waals surface area contributed by atoms with Crippen LogP contribution < -0.4 is 15.4 Å². The van der Waals surface area contributed by atoms with Gasteiger partial charge in [0.2, 0.25) is 0 Å². The maximum atomic E-state index is 12.4. The summed E-state index contributed by atoms with van der Waals surface area (Å²) in [6.45, 7) is 12.2. The molecular weight excluding hydrogens is 326 g/mol. The first kappa shape index (κ1) is 18.5. The second kappa shape index (κ2) is 6.97. The molecule has 1 heterocycles. The zero-order valence-corrected chi connectivity index (χ0v) is 16.6. The number of anilines is 2. The Morgan fingerprint density at radius 1 is 1.22 bits per heavy atom. The number of hydrogen-bond donors (Lipinski definition) is 3. The van der Waals surface area contributed by atoms with Crippen LogP contribution in [-0.4, -0.2) is 15.6 Å². The number of thioether (sulfide) groups is 1. The van der Waals surface area contributed by atoms with Gasteiger partial charge in [0.25, 0.3) is 0 Å². The highest BCUT2D eigenvalue weighted by Gasteiger charge is 2.30. The molecule has 3 N–H and O–H groups in total. The van der Waals surface area contributed by atoms with Crippen LogP contribution in [0, 0.1) is 6.92 Å². The van der Waals surface area contributed by atoms with E-state index in [2.05, 4.69) is 54.5 Å². The van der Waals surface area contributed by atoms with Crippen molar-refractivity contribution in [2.75, 3.05) is 16.9 Å². The van der Waals surface area contributed by atoms with Gasteiger partial charge in [0.1, 0.15) is 4.75 Å². The monoisotopic (exact) mass is 353 g/mol. The SMILES string of the molecule is CSC1=C(C)Nc2cc(C)cc([C@@H](C)N[S@+]([O-])C(C)(C)C)c2N1. The maximum absolute atomic E-state index is 12.4. The second-order valence-corrected chi connectivity index (χ2v) is 9.72. The molecule has 0 bridgehead atoms. The third-order valence-corrected chi connectivity index (χ3v) is 6.22. The average Bonchev–Trinajstić information content (AvgIpc) is 2.44. The summed E-state index contributed by atoms with van der Waals surface area (Å²) in [5, 5.41) is 8.12. The van der Waals surface area contributed by atoms with Gasteiger partial charge in [-0.15, -0.1) is 16.5 Å². The van der Waals surface area contributed by atoms with Gasteiger partial charge in [0.05, 0.1) is 22.4 Å². The van der Waals surface area contributed by atoms with Crippen LogP contribution in [0.1, 0.15) is 51.8 Å². The fourth-order valence-corrected chi connectivity index (χ4v) is 3.83. The van der Waals surface area contributed by atoms with Crippen molar-refractivity contribution in [1.29, 1.82) is 0 Å². The molecule has 0 amide bonds. The predicted octanol–water partition coefficient (Wildman–Crippen LogP) is 4.50. The molecule has 0 spiro atoms. The van der Waals surface area contributed by atoms with Crippen molar-refractivity contribution in [2.45, 2.75) is 52.3 Å². The van der Waals surface area contributed by atoms with Crippen molar-refractivity contribution in [3.8, 4) is 0 Å². The Bertz CT molecular complexity index is 623. The quantitative estimate of drug-likeness (QED) is 0.696. The molecule has 0 unspecified atom stereocenters. The molecule has 2 atom stereocenters. The molecule has 0 aromatic heterocycles. The Labute approximate surface area is 147 Å². The van der Waals surface area contributed by atoms with E-state index in [1.807, 2.05) is 20.8 Å². The minimum atomic E-state index is -1.11. The molecular formula is C17H27N3OS2. The van der Waals surface area contributed by atoms with Crippen LogP contribution in [0.25, 0.3) is 0 Å². The number of fused-ring (bicyclic) bond motifs is 1. The summed E-state index contributed by atoms with van der Waals surface area (Å²) in [7, 11) is 0. The lowest BCUT2D eigenvalue weighted by Crippen LogP contribution is -2.40. The highest BCUT2D eigenvalue weighted by atomic mass is 32.2. The minimum absolute atomic E-state index is 0.0143. The van der Waals surface area contributed by atoms with E-state index < -0.39 is 11.4 Å². The summed E-state index contributed by atoms with van der Waals surface area (Å²) in [6.07, 6.45) is 2.06. The van der Waals surface area contributed by atoms with E-state index in [0.29, 0.717) is 0 Å². The number of aryl methyl sites for hydroxylation is 1. The summed E-state index contributed by atoms with van der Waals surface area (Å²) in [6, 6.07) is 4.28. The summed E-state index contributed by atoms with van der Waals surface area (Å²) in [4.78, 5) is 0. The van der Waals surface area contributed by atoms with Gasteiger partial charge in [-0.2, -0.15) is 0 Å². The fourth-order valence-electron chi connectivity index (χ4n) is 2.47. The van der Waals surface area contributed by atoms with Gasteiger partial charge in [0.15, 0.2) is 0 Å². The van der Waals surface area contributed by atoms with Crippen molar-refractivity contribution in [3.05, 3.63) is 34.0 Å². The van der Waals surface area contributed by atoms with Crippen LogP contribution in [0.2, 0.25) is 0 Å². The smallest absolute Gasteiger partial charge is 0.136 e. The summed E-state index contributed by atoms with van der Waals surface area (Å²) in [5.41, 5.74) is 5.58. The third-order valence-electron chi connectivity index (χ3n) is 3.73. The molecule has 2 rings (SSSR count). The largest absolute Gasteiger partial charge is 0.598 e. The first-order chi connectivity index (χ1) is 10.6. The van der Waals surface area contributed by atoms with Crippen LogP contribution in [0.4, 0.5) is 11.4 Å². The molecule has 0 saturated heterocycles. The molecule has 23 heavy (non-hydrogen) atoms. The molecule has 1 aliphatic heterocycles. The number of hydrogen-bond acceptors (Lipinski definition) is 5. The lowest BCUT2D eigenvalue weighted by atomic mass is 10.0. The highest BCUT2D eigenvalue weighted by molar-refractivity contribution is 8.02. The van der Waals surface area contributed by atoms with E-state index in [9.17, 15) is 4.55 Å². The minimum Gasteiger partial charge on any atom is -0.598 e. The van der Waals surface area contributed by atoms with Crippen molar-refractivity contribution < 1.29 is 4.55 Å². The predicted molar refractivity (Wildman–Crippen MR) is 104 cm³/mol. The number of rotatable bonds is 4. The summed E-state index contributed by atoms with van der Waals surface area (Å²) in [5.74, 6) is 0. The van der Waals surface area contributed by atoms with E-state index in [0.717, 1.165) is 27.7 Å². The lowest BCUT2D eigenvalue weighted by Gasteiger charge is -2.30. The first-order valence-corrected chi connectivity index (χ1v) is 10.1. The summed E-state index contributed by atoms with van der Waals surface area (Å²) >= 11 is 0.578. The Balaban J connectivity index is 2.35. The van der Waals surface area contributed by atoms with Gasteiger partial charge < -0.3 is 15.2 Å². The molecule has 1 aromatic carbocycles. The van der Waals surface area contributed by atoms with Crippen molar-refractivity contribution >= 4 is 34.5 Å². The molecule has 128 valence electrons. The standard InChI is InChI=1S/C17H27N3OS2/c1-10-8-13(11(2)20-23(21)17(4,5)6)15-14(9-10)18-12(3)16(19-15)22-7/h8-9,11,18-20H,1-7H3/t11-,23-/m1/s1. The topological polar surface area (TPSA) is 59.1 Å². The van der Waals surface area contributed by atoms with Gasteiger partial charge >= 0.3 is 0 Å². The summed E-state index contributed by atoms with van der Waals surface area (Å²) < 4.78 is 15.4. The van der Waals surface area contributed by atoms with Crippen LogP contribution in [0.3, 0.4) is 0 Å². The molecule has 1 aromatic rings.